The van der Waals surface area contributed by atoms with Crippen LogP contribution in [0.1, 0.15) is 25.6 Å². The quantitative estimate of drug-likeness (QED) is 0.775. The van der Waals surface area contributed by atoms with Crippen LogP contribution < -0.4 is 5.73 Å². The van der Waals surface area contributed by atoms with Crippen LogP contribution in [-0.4, -0.2) is 32.6 Å². The predicted molar refractivity (Wildman–Crippen MR) is 63.4 cm³/mol. The van der Waals surface area contributed by atoms with Crippen LogP contribution in [0.25, 0.3) is 0 Å². The molecule has 1 aromatic rings. The van der Waals surface area contributed by atoms with Crippen molar-refractivity contribution in [3.63, 3.8) is 0 Å². The van der Waals surface area contributed by atoms with Crippen molar-refractivity contribution in [3.05, 3.63) is 5.82 Å². The molecule has 2 rings (SSSR count). The molecular formula is C10H16N4O2S. The summed E-state index contributed by atoms with van der Waals surface area (Å²) in [5, 5.41) is 8.73. The van der Waals surface area contributed by atoms with Gasteiger partial charge < -0.3 is 15.0 Å². The molecule has 0 bridgehead atoms. The Morgan fingerprint density at radius 3 is 3.00 bits per heavy atom. The van der Waals surface area contributed by atoms with Crippen molar-refractivity contribution in [2.24, 2.45) is 5.73 Å². The number of thioether (sulfide) groups is 1. The maximum atomic E-state index is 11.4. The molecule has 0 saturated carbocycles. The number of cyclic esters (lactones) is 1. The zero-order valence-corrected chi connectivity index (χ0v) is 10.6. The highest BCUT2D eigenvalue weighted by molar-refractivity contribution is 8.00. The molecule has 0 aliphatic carbocycles. The summed E-state index contributed by atoms with van der Waals surface area (Å²) in [5.74, 6) is 0.607. The number of hydrogen-bond donors (Lipinski definition) is 1. The van der Waals surface area contributed by atoms with Gasteiger partial charge in [-0.3, -0.25) is 4.79 Å². The molecule has 17 heavy (non-hydrogen) atoms. The number of carbonyl (C=O) groups is 1. The van der Waals surface area contributed by atoms with Gasteiger partial charge in [-0.1, -0.05) is 18.7 Å². The third-order valence-electron chi connectivity index (χ3n) is 2.56. The van der Waals surface area contributed by atoms with E-state index >= 15 is 0 Å². The minimum atomic E-state index is -0.157. The van der Waals surface area contributed by atoms with Gasteiger partial charge in [-0.25, -0.2) is 0 Å². The van der Waals surface area contributed by atoms with Crippen LogP contribution in [0.4, 0.5) is 0 Å². The van der Waals surface area contributed by atoms with Crippen LogP contribution in [0.3, 0.4) is 0 Å². The van der Waals surface area contributed by atoms with E-state index in [1.165, 1.54) is 11.8 Å². The van der Waals surface area contributed by atoms with Gasteiger partial charge in [0.15, 0.2) is 5.16 Å². The Hall–Kier alpha value is -1.08. The van der Waals surface area contributed by atoms with E-state index in [0.717, 1.165) is 30.4 Å². The molecule has 1 atom stereocenters. The molecule has 0 spiro atoms. The van der Waals surface area contributed by atoms with Gasteiger partial charge >= 0.3 is 5.97 Å². The standard InChI is InChI=1S/C10H16N4O2S/c1-2-4-14-8(6-11)12-13-10(14)17-7-3-5-16-9(7)15/h7H,2-6,11H2,1H3. The van der Waals surface area contributed by atoms with Crippen molar-refractivity contribution >= 4 is 17.7 Å². The molecule has 1 aromatic heterocycles. The maximum absolute atomic E-state index is 11.4. The SMILES string of the molecule is CCCn1c(CN)nnc1SC1CCOC1=O. The lowest BCUT2D eigenvalue weighted by atomic mass is 10.4. The Morgan fingerprint density at radius 2 is 2.41 bits per heavy atom. The van der Waals surface area contributed by atoms with Crippen molar-refractivity contribution in [2.75, 3.05) is 6.61 Å². The molecule has 1 unspecified atom stereocenters. The Bertz CT molecular complexity index is 407. The number of rotatable bonds is 5. The van der Waals surface area contributed by atoms with Crippen LogP contribution in [0.2, 0.25) is 0 Å². The fourth-order valence-electron chi connectivity index (χ4n) is 1.72. The van der Waals surface area contributed by atoms with E-state index in [9.17, 15) is 4.79 Å². The first-order chi connectivity index (χ1) is 8.26. The molecule has 7 heteroatoms. The first kappa shape index (κ1) is 12.4. The third-order valence-corrected chi connectivity index (χ3v) is 3.78. The number of hydrogen-bond acceptors (Lipinski definition) is 6. The molecular weight excluding hydrogens is 240 g/mol. The number of esters is 1. The van der Waals surface area contributed by atoms with E-state index in [1.54, 1.807) is 0 Å². The summed E-state index contributed by atoms with van der Waals surface area (Å²) in [6.07, 6.45) is 1.72. The van der Waals surface area contributed by atoms with Gasteiger partial charge in [0.2, 0.25) is 0 Å². The van der Waals surface area contributed by atoms with Crippen LogP contribution in [0.5, 0.6) is 0 Å². The lowest BCUT2D eigenvalue weighted by molar-refractivity contribution is -0.137. The minimum absolute atomic E-state index is 0.152. The second kappa shape index (κ2) is 5.50. The molecule has 1 fully saturated rings. The van der Waals surface area contributed by atoms with Crippen LogP contribution >= 0.6 is 11.8 Å². The van der Waals surface area contributed by atoms with Crippen LogP contribution in [0, 0.1) is 0 Å². The van der Waals surface area contributed by atoms with E-state index in [1.807, 2.05) is 4.57 Å². The van der Waals surface area contributed by atoms with Crippen molar-refractivity contribution in [1.29, 1.82) is 0 Å². The summed E-state index contributed by atoms with van der Waals surface area (Å²) in [6.45, 7) is 3.77. The van der Waals surface area contributed by atoms with E-state index < -0.39 is 0 Å². The Labute approximate surface area is 104 Å². The summed E-state index contributed by atoms with van der Waals surface area (Å²) >= 11 is 1.42. The molecule has 0 aromatic carbocycles. The van der Waals surface area contributed by atoms with E-state index in [2.05, 4.69) is 17.1 Å². The van der Waals surface area contributed by atoms with Gasteiger partial charge in [0.25, 0.3) is 0 Å². The molecule has 94 valence electrons. The average Bonchev–Trinajstić information content (AvgIpc) is 2.89. The van der Waals surface area contributed by atoms with Gasteiger partial charge in [-0.15, -0.1) is 10.2 Å². The molecule has 2 N–H and O–H groups in total. The van der Waals surface area contributed by atoms with Crippen LogP contribution in [0.15, 0.2) is 5.16 Å². The van der Waals surface area contributed by atoms with Gasteiger partial charge in [0, 0.05) is 13.0 Å². The van der Waals surface area contributed by atoms with E-state index in [-0.39, 0.29) is 11.2 Å². The molecule has 0 radical (unpaired) electrons. The monoisotopic (exact) mass is 256 g/mol. The lowest BCUT2D eigenvalue weighted by Gasteiger charge is -2.09. The average molecular weight is 256 g/mol. The number of nitrogens with zero attached hydrogens (tertiary/aromatic N) is 3. The Balaban J connectivity index is 2.14. The molecule has 1 saturated heterocycles. The zero-order valence-electron chi connectivity index (χ0n) is 9.76. The molecule has 1 aliphatic heterocycles. The lowest BCUT2D eigenvalue weighted by Crippen LogP contribution is -2.13. The van der Waals surface area contributed by atoms with Crippen LogP contribution in [-0.2, 0) is 22.6 Å². The minimum Gasteiger partial charge on any atom is -0.465 e. The van der Waals surface area contributed by atoms with Crippen molar-refractivity contribution < 1.29 is 9.53 Å². The summed E-state index contributed by atoms with van der Waals surface area (Å²) in [7, 11) is 0. The van der Waals surface area contributed by atoms with E-state index in [4.69, 9.17) is 10.5 Å². The van der Waals surface area contributed by atoms with E-state index in [0.29, 0.717) is 13.2 Å². The van der Waals surface area contributed by atoms with Gasteiger partial charge in [-0.05, 0) is 6.42 Å². The maximum Gasteiger partial charge on any atom is 0.319 e. The summed E-state index contributed by atoms with van der Waals surface area (Å²) in [4.78, 5) is 11.4. The number of aromatic nitrogens is 3. The molecule has 6 nitrogen and oxygen atoms in total. The Morgan fingerprint density at radius 1 is 1.59 bits per heavy atom. The van der Waals surface area contributed by atoms with Crippen molar-refractivity contribution in [2.45, 2.75) is 43.3 Å². The highest BCUT2D eigenvalue weighted by Gasteiger charge is 2.29. The predicted octanol–water partition coefficient (Wildman–Crippen LogP) is 0.554. The fourth-order valence-corrected chi connectivity index (χ4v) is 2.76. The van der Waals surface area contributed by atoms with Gasteiger partial charge in [0.05, 0.1) is 13.2 Å². The molecule has 0 amide bonds. The zero-order chi connectivity index (χ0) is 12.3. The van der Waals surface area contributed by atoms with Gasteiger partial charge in [-0.2, -0.15) is 0 Å². The summed E-state index contributed by atoms with van der Waals surface area (Å²) in [5.41, 5.74) is 5.61. The fraction of sp³-hybridized carbons (Fsp3) is 0.700. The highest BCUT2D eigenvalue weighted by atomic mass is 32.2. The second-order valence-corrected chi connectivity index (χ2v) is 4.99. The van der Waals surface area contributed by atoms with Crippen molar-refractivity contribution in [1.82, 2.24) is 14.8 Å². The number of nitrogens with two attached hydrogens (primary N) is 1. The molecule has 2 heterocycles. The molecule has 1 aliphatic rings. The van der Waals surface area contributed by atoms with Crippen molar-refractivity contribution in [3.8, 4) is 0 Å². The normalized spacial score (nSPS) is 19.6. The third kappa shape index (κ3) is 2.61. The largest absolute Gasteiger partial charge is 0.465 e. The Kier molecular flexibility index (Phi) is 4.01. The smallest absolute Gasteiger partial charge is 0.319 e. The first-order valence-electron chi connectivity index (χ1n) is 5.71. The second-order valence-electron chi connectivity index (χ2n) is 3.82. The highest BCUT2D eigenvalue weighted by Crippen LogP contribution is 2.28. The number of ether oxygens (including phenoxy) is 1. The number of carbonyl (C=O) groups excluding carboxylic acids is 1. The topological polar surface area (TPSA) is 83.0 Å². The summed E-state index contributed by atoms with van der Waals surface area (Å²) in [6, 6.07) is 0. The van der Waals surface area contributed by atoms with Gasteiger partial charge in [0.1, 0.15) is 11.1 Å². The first-order valence-corrected chi connectivity index (χ1v) is 6.59. The summed E-state index contributed by atoms with van der Waals surface area (Å²) < 4.78 is 6.91.